The smallest absolute Gasteiger partial charge is 0.232 e. The Labute approximate surface area is 166 Å². The Balaban J connectivity index is 1.49. The van der Waals surface area contributed by atoms with E-state index in [4.69, 9.17) is 5.73 Å². The molecule has 28 heavy (non-hydrogen) atoms. The van der Waals surface area contributed by atoms with Crippen molar-refractivity contribution >= 4 is 35.3 Å². The largest absolute Gasteiger partial charge is 0.368 e. The van der Waals surface area contributed by atoms with E-state index < -0.39 is 0 Å². The number of benzene rings is 2. The number of thioether (sulfide) groups is 1. The summed E-state index contributed by atoms with van der Waals surface area (Å²) in [5.74, 6) is 1.08. The van der Waals surface area contributed by atoms with Crippen LogP contribution in [0.3, 0.4) is 0 Å². The molecule has 0 atom stereocenters. The molecule has 0 radical (unpaired) electrons. The van der Waals surface area contributed by atoms with Crippen molar-refractivity contribution in [3.63, 3.8) is 0 Å². The number of nitrogens with two attached hydrogens (primary N) is 1. The minimum absolute atomic E-state index is 0.0689. The zero-order chi connectivity index (χ0) is 19.8. The van der Waals surface area contributed by atoms with E-state index >= 15 is 0 Å². The van der Waals surface area contributed by atoms with E-state index in [0.29, 0.717) is 23.8 Å². The van der Waals surface area contributed by atoms with Gasteiger partial charge in [0.1, 0.15) is 11.6 Å². The predicted octanol–water partition coefficient (Wildman–Crippen LogP) is 2.89. The highest BCUT2D eigenvalue weighted by Crippen LogP contribution is 2.16. The van der Waals surface area contributed by atoms with E-state index in [-0.39, 0.29) is 29.4 Å². The van der Waals surface area contributed by atoms with E-state index in [1.807, 2.05) is 30.3 Å². The number of nitrogen functional groups attached to an aromatic ring is 1. The van der Waals surface area contributed by atoms with Gasteiger partial charge < -0.3 is 16.4 Å². The summed E-state index contributed by atoms with van der Waals surface area (Å²) in [7, 11) is 0. The third kappa shape index (κ3) is 6.20. The first-order valence-corrected chi connectivity index (χ1v) is 9.65. The molecule has 0 fully saturated rings. The molecule has 1 heterocycles. The van der Waals surface area contributed by atoms with Crippen LogP contribution in [0.25, 0.3) is 0 Å². The molecule has 0 saturated heterocycles. The number of carbonyl (C=O) groups excluding carboxylic acids is 1. The molecule has 0 bridgehead atoms. The molecule has 3 aromatic rings. The van der Waals surface area contributed by atoms with Gasteiger partial charge in [0.2, 0.25) is 17.8 Å². The SMILES string of the molecule is Nc1nc(CSCC(=O)NCc2ccccc2)nc(Nc2ccc(F)cc2)n1. The highest BCUT2D eigenvalue weighted by atomic mass is 32.2. The predicted molar refractivity (Wildman–Crippen MR) is 108 cm³/mol. The molecule has 1 aromatic heterocycles. The van der Waals surface area contributed by atoms with Gasteiger partial charge in [-0.2, -0.15) is 15.0 Å². The van der Waals surface area contributed by atoms with Gasteiger partial charge in [0.05, 0.1) is 11.5 Å². The average Bonchev–Trinajstić information content (AvgIpc) is 2.69. The standard InChI is InChI=1S/C19H19FN6OS/c20-14-6-8-15(9-7-14)23-19-25-16(24-18(21)26-19)11-28-12-17(27)22-10-13-4-2-1-3-5-13/h1-9H,10-12H2,(H,22,27)(H3,21,23,24,25,26). The van der Waals surface area contributed by atoms with Gasteiger partial charge in [-0.3, -0.25) is 4.79 Å². The molecule has 0 unspecified atom stereocenters. The van der Waals surface area contributed by atoms with Gasteiger partial charge in [0.15, 0.2) is 0 Å². The van der Waals surface area contributed by atoms with E-state index in [2.05, 4.69) is 25.6 Å². The molecule has 144 valence electrons. The summed E-state index contributed by atoms with van der Waals surface area (Å²) in [6, 6.07) is 15.5. The van der Waals surface area contributed by atoms with Crippen LogP contribution in [-0.4, -0.2) is 26.6 Å². The zero-order valence-electron chi connectivity index (χ0n) is 14.9. The van der Waals surface area contributed by atoms with Gasteiger partial charge in [-0.1, -0.05) is 30.3 Å². The van der Waals surface area contributed by atoms with Gasteiger partial charge in [-0.05, 0) is 29.8 Å². The van der Waals surface area contributed by atoms with Gasteiger partial charge in [0.25, 0.3) is 0 Å². The summed E-state index contributed by atoms with van der Waals surface area (Å²) < 4.78 is 13.0. The topological polar surface area (TPSA) is 106 Å². The summed E-state index contributed by atoms with van der Waals surface area (Å²) in [6.45, 7) is 0.491. The molecular weight excluding hydrogens is 379 g/mol. The number of hydrogen-bond donors (Lipinski definition) is 3. The molecule has 3 rings (SSSR count). The molecule has 0 aliphatic carbocycles. The van der Waals surface area contributed by atoms with Crippen molar-refractivity contribution in [1.29, 1.82) is 0 Å². The summed E-state index contributed by atoms with van der Waals surface area (Å²) >= 11 is 1.38. The van der Waals surface area contributed by atoms with Crippen molar-refractivity contribution in [2.24, 2.45) is 0 Å². The number of anilines is 3. The Bertz CT molecular complexity index is 923. The first-order valence-electron chi connectivity index (χ1n) is 8.50. The number of halogens is 1. The first-order chi connectivity index (χ1) is 13.6. The van der Waals surface area contributed by atoms with Crippen molar-refractivity contribution in [2.75, 3.05) is 16.8 Å². The number of hydrogen-bond acceptors (Lipinski definition) is 7. The van der Waals surface area contributed by atoms with Crippen molar-refractivity contribution in [3.8, 4) is 0 Å². The normalized spacial score (nSPS) is 10.5. The van der Waals surface area contributed by atoms with Crippen molar-refractivity contribution in [1.82, 2.24) is 20.3 Å². The number of rotatable bonds is 8. The third-order valence-corrected chi connectivity index (χ3v) is 4.52. The maximum Gasteiger partial charge on any atom is 0.232 e. The molecule has 2 aromatic carbocycles. The molecule has 0 aliphatic heterocycles. The summed E-state index contributed by atoms with van der Waals surface area (Å²) in [6.07, 6.45) is 0. The maximum absolute atomic E-state index is 13.0. The monoisotopic (exact) mass is 398 g/mol. The Morgan fingerprint density at radius 2 is 1.79 bits per heavy atom. The average molecular weight is 398 g/mol. The summed E-state index contributed by atoms with van der Waals surface area (Å²) in [5, 5.41) is 5.82. The lowest BCUT2D eigenvalue weighted by atomic mass is 10.2. The van der Waals surface area contributed by atoms with Crippen molar-refractivity contribution in [3.05, 3.63) is 71.8 Å². The van der Waals surface area contributed by atoms with Gasteiger partial charge >= 0.3 is 0 Å². The van der Waals surface area contributed by atoms with E-state index in [1.54, 1.807) is 12.1 Å². The maximum atomic E-state index is 13.0. The second-order valence-corrected chi connectivity index (χ2v) is 6.81. The van der Waals surface area contributed by atoms with Crippen LogP contribution in [0.4, 0.5) is 22.0 Å². The lowest BCUT2D eigenvalue weighted by Crippen LogP contribution is -2.24. The Kier molecular flexibility index (Phi) is 6.74. The second-order valence-electron chi connectivity index (χ2n) is 5.82. The number of carbonyl (C=O) groups is 1. The molecule has 9 heteroatoms. The second kappa shape index (κ2) is 9.65. The molecule has 0 aliphatic rings. The first kappa shape index (κ1) is 19.6. The molecule has 0 saturated carbocycles. The van der Waals surface area contributed by atoms with Gasteiger partial charge in [-0.15, -0.1) is 11.8 Å². The molecule has 4 N–H and O–H groups in total. The lowest BCUT2D eigenvalue weighted by molar-refractivity contribution is -0.118. The highest BCUT2D eigenvalue weighted by molar-refractivity contribution is 7.99. The number of nitrogens with one attached hydrogen (secondary N) is 2. The van der Waals surface area contributed by atoms with Crippen LogP contribution < -0.4 is 16.4 Å². The number of aromatic nitrogens is 3. The fourth-order valence-electron chi connectivity index (χ4n) is 2.30. The van der Waals surface area contributed by atoms with Gasteiger partial charge in [-0.25, -0.2) is 4.39 Å². The fourth-order valence-corrected chi connectivity index (χ4v) is 3.00. The Morgan fingerprint density at radius 3 is 2.54 bits per heavy atom. The van der Waals surface area contributed by atoms with Crippen molar-refractivity contribution < 1.29 is 9.18 Å². The third-order valence-electron chi connectivity index (χ3n) is 3.60. The van der Waals surface area contributed by atoms with E-state index in [0.717, 1.165) is 5.56 Å². The molecule has 7 nitrogen and oxygen atoms in total. The van der Waals surface area contributed by atoms with Crippen LogP contribution in [0.5, 0.6) is 0 Å². The highest BCUT2D eigenvalue weighted by Gasteiger charge is 2.08. The lowest BCUT2D eigenvalue weighted by Gasteiger charge is -2.08. The summed E-state index contributed by atoms with van der Waals surface area (Å²) in [5.41, 5.74) is 7.40. The van der Waals surface area contributed by atoms with Crippen molar-refractivity contribution in [2.45, 2.75) is 12.3 Å². The minimum Gasteiger partial charge on any atom is -0.368 e. The van der Waals surface area contributed by atoms with Crippen LogP contribution in [0.15, 0.2) is 54.6 Å². The molecular formula is C19H19FN6OS. The molecule has 0 spiro atoms. The Morgan fingerprint density at radius 1 is 1.04 bits per heavy atom. The fraction of sp³-hybridized carbons (Fsp3) is 0.158. The number of amides is 1. The van der Waals surface area contributed by atoms with Crippen LogP contribution in [0.1, 0.15) is 11.4 Å². The Hall–Kier alpha value is -3.20. The van der Waals surface area contributed by atoms with Crippen LogP contribution in [-0.2, 0) is 17.1 Å². The van der Waals surface area contributed by atoms with Gasteiger partial charge in [0, 0.05) is 12.2 Å². The summed E-state index contributed by atoms with van der Waals surface area (Å²) in [4.78, 5) is 24.3. The van der Waals surface area contributed by atoms with Crippen LogP contribution in [0, 0.1) is 5.82 Å². The van der Waals surface area contributed by atoms with E-state index in [1.165, 1.54) is 23.9 Å². The van der Waals surface area contributed by atoms with Crippen LogP contribution in [0.2, 0.25) is 0 Å². The minimum atomic E-state index is -0.330. The number of nitrogens with zero attached hydrogens (tertiary/aromatic N) is 3. The van der Waals surface area contributed by atoms with Crippen LogP contribution >= 0.6 is 11.8 Å². The van der Waals surface area contributed by atoms with E-state index in [9.17, 15) is 9.18 Å². The molecule has 1 amide bonds. The zero-order valence-corrected chi connectivity index (χ0v) is 15.7. The quantitative estimate of drug-likeness (QED) is 0.536.